The number of carbonyl (C=O) groups is 2. The largest absolute Gasteiger partial charge is 0.497 e. The Labute approximate surface area is 241 Å². The molecule has 0 radical (unpaired) electrons. The first kappa shape index (κ1) is 31.3. The maximum absolute atomic E-state index is 14.0. The van der Waals surface area contributed by atoms with Crippen LogP contribution in [0.2, 0.25) is 0 Å². The number of sulfonamides is 1. The summed E-state index contributed by atoms with van der Waals surface area (Å²) in [4.78, 5) is 28.1. The van der Waals surface area contributed by atoms with Crippen LogP contribution >= 0.6 is 0 Å². The van der Waals surface area contributed by atoms with Crippen LogP contribution in [-0.2, 0) is 26.2 Å². The predicted octanol–water partition coefficient (Wildman–Crippen LogP) is 3.77. The Morgan fingerprint density at radius 2 is 1.51 bits per heavy atom. The zero-order chi connectivity index (χ0) is 30.2. The van der Waals surface area contributed by atoms with Gasteiger partial charge in [-0.3, -0.25) is 13.9 Å². The van der Waals surface area contributed by atoms with E-state index in [-0.39, 0.29) is 23.1 Å². The van der Waals surface area contributed by atoms with Crippen molar-refractivity contribution in [3.63, 3.8) is 0 Å². The van der Waals surface area contributed by atoms with Crippen molar-refractivity contribution in [2.45, 2.75) is 38.3 Å². The highest BCUT2D eigenvalue weighted by molar-refractivity contribution is 7.92. The van der Waals surface area contributed by atoms with Crippen LogP contribution in [0.25, 0.3) is 0 Å². The lowest BCUT2D eigenvalue weighted by molar-refractivity contribution is -0.139. The number of rotatable bonds is 13. The second-order valence-electron chi connectivity index (χ2n) is 9.30. The molecule has 1 atom stereocenters. The van der Waals surface area contributed by atoms with Gasteiger partial charge in [0.05, 0.1) is 31.9 Å². The van der Waals surface area contributed by atoms with Crippen LogP contribution in [0.1, 0.15) is 25.0 Å². The van der Waals surface area contributed by atoms with Gasteiger partial charge in [-0.2, -0.15) is 0 Å². The number of aryl methyl sites for hydroxylation is 1. The van der Waals surface area contributed by atoms with Crippen molar-refractivity contribution in [3.8, 4) is 17.2 Å². The fraction of sp³-hybridized carbons (Fsp3) is 0.333. The van der Waals surface area contributed by atoms with E-state index in [0.29, 0.717) is 23.7 Å². The number of benzene rings is 3. The molecule has 3 aromatic rings. The first-order valence-electron chi connectivity index (χ1n) is 13.1. The van der Waals surface area contributed by atoms with Crippen molar-refractivity contribution in [1.82, 2.24) is 10.2 Å². The fourth-order valence-corrected chi connectivity index (χ4v) is 5.61. The molecule has 0 aliphatic carbocycles. The number of nitrogens with one attached hydrogen (secondary N) is 1. The van der Waals surface area contributed by atoms with Gasteiger partial charge in [-0.15, -0.1) is 0 Å². The first-order valence-corrected chi connectivity index (χ1v) is 14.5. The Hall–Kier alpha value is -4.25. The van der Waals surface area contributed by atoms with Crippen LogP contribution in [-0.4, -0.2) is 65.6 Å². The molecule has 0 heterocycles. The second kappa shape index (κ2) is 13.9. The smallest absolute Gasteiger partial charge is 0.264 e. The number of hydrogen-bond donors (Lipinski definition) is 1. The molecule has 11 heteroatoms. The Morgan fingerprint density at radius 3 is 2.07 bits per heavy atom. The van der Waals surface area contributed by atoms with E-state index < -0.39 is 28.5 Å². The standard InChI is InChI=1S/C30H37N3O7S/c1-7-31-30(35)22(3)32(19-23-10-14-25(38-4)15-11-23)29(34)20-33(24-12-8-21(2)9-13-24)41(36,37)26-16-17-27(39-5)28(18-26)40-6/h8-18,22H,7,19-20H2,1-6H3,(H,31,35)/t22-/m0/s1. The average molecular weight is 584 g/mol. The minimum Gasteiger partial charge on any atom is -0.497 e. The summed E-state index contributed by atoms with van der Waals surface area (Å²) < 4.78 is 44.9. The van der Waals surface area contributed by atoms with E-state index in [0.717, 1.165) is 15.4 Å². The minimum atomic E-state index is -4.26. The number of ether oxygens (including phenoxy) is 3. The van der Waals surface area contributed by atoms with Crippen molar-refractivity contribution in [2.75, 3.05) is 38.7 Å². The van der Waals surface area contributed by atoms with Gasteiger partial charge in [0.1, 0.15) is 18.3 Å². The molecule has 41 heavy (non-hydrogen) atoms. The normalized spacial score (nSPS) is 11.8. The molecule has 0 saturated heterocycles. The van der Waals surface area contributed by atoms with Crippen LogP contribution in [0, 0.1) is 6.92 Å². The molecule has 0 aliphatic rings. The summed E-state index contributed by atoms with van der Waals surface area (Å²) in [5.74, 6) is 0.346. The highest BCUT2D eigenvalue weighted by Crippen LogP contribution is 2.32. The molecular weight excluding hydrogens is 546 g/mol. The van der Waals surface area contributed by atoms with Gasteiger partial charge >= 0.3 is 0 Å². The minimum absolute atomic E-state index is 0.0815. The van der Waals surface area contributed by atoms with Crippen molar-refractivity contribution < 1.29 is 32.2 Å². The zero-order valence-electron chi connectivity index (χ0n) is 24.2. The molecule has 0 bridgehead atoms. The molecule has 0 saturated carbocycles. The summed E-state index contributed by atoms with van der Waals surface area (Å²) in [5.41, 5.74) is 1.98. The van der Waals surface area contributed by atoms with E-state index in [2.05, 4.69) is 5.32 Å². The van der Waals surface area contributed by atoms with Crippen LogP contribution in [0.4, 0.5) is 5.69 Å². The quantitative estimate of drug-likeness (QED) is 0.326. The first-order chi connectivity index (χ1) is 19.5. The summed E-state index contributed by atoms with van der Waals surface area (Å²) in [5, 5.41) is 2.75. The molecule has 0 aliphatic heterocycles. The van der Waals surface area contributed by atoms with Gasteiger partial charge in [0.15, 0.2) is 11.5 Å². The number of nitrogens with zero attached hydrogens (tertiary/aromatic N) is 2. The van der Waals surface area contributed by atoms with E-state index in [9.17, 15) is 18.0 Å². The predicted molar refractivity (Wildman–Crippen MR) is 157 cm³/mol. The number of carbonyl (C=O) groups excluding carboxylic acids is 2. The summed E-state index contributed by atoms with van der Waals surface area (Å²) in [6.07, 6.45) is 0. The molecule has 220 valence electrons. The lowest BCUT2D eigenvalue weighted by Crippen LogP contribution is -2.51. The summed E-state index contributed by atoms with van der Waals surface area (Å²) in [6, 6.07) is 17.3. The zero-order valence-corrected chi connectivity index (χ0v) is 25.0. The van der Waals surface area contributed by atoms with Crippen LogP contribution in [0.15, 0.2) is 71.6 Å². The SMILES string of the molecule is CCNC(=O)[C@H](C)N(Cc1ccc(OC)cc1)C(=O)CN(c1ccc(C)cc1)S(=O)(=O)c1ccc(OC)c(OC)c1. The van der Waals surface area contributed by atoms with E-state index in [4.69, 9.17) is 14.2 Å². The van der Waals surface area contributed by atoms with E-state index >= 15 is 0 Å². The van der Waals surface area contributed by atoms with Gasteiger partial charge in [-0.25, -0.2) is 8.42 Å². The maximum Gasteiger partial charge on any atom is 0.264 e. The molecule has 0 aromatic heterocycles. The summed E-state index contributed by atoms with van der Waals surface area (Å²) in [7, 11) is 0.165. The molecule has 0 unspecified atom stereocenters. The van der Waals surface area contributed by atoms with E-state index in [1.54, 1.807) is 69.5 Å². The van der Waals surface area contributed by atoms with Gasteiger partial charge in [0.25, 0.3) is 10.0 Å². The third-order valence-corrected chi connectivity index (χ3v) is 8.34. The number of amides is 2. The second-order valence-corrected chi connectivity index (χ2v) is 11.2. The third kappa shape index (κ3) is 7.49. The van der Waals surface area contributed by atoms with Crippen LogP contribution in [0.5, 0.6) is 17.2 Å². The van der Waals surface area contributed by atoms with Gasteiger partial charge < -0.3 is 24.4 Å². The van der Waals surface area contributed by atoms with E-state index in [1.165, 1.54) is 37.3 Å². The maximum atomic E-state index is 14.0. The molecular formula is C30H37N3O7S. The number of hydrogen-bond acceptors (Lipinski definition) is 7. The van der Waals surface area contributed by atoms with Crippen molar-refractivity contribution in [1.29, 1.82) is 0 Å². The Kier molecular flexibility index (Phi) is 10.6. The molecule has 3 rings (SSSR count). The highest BCUT2D eigenvalue weighted by atomic mass is 32.2. The van der Waals surface area contributed by atoms with Gasteiger partial charge in [0, 0.05) is 19.2 Å². The number of likely N-dealkylation sites (N-methyl/N-ethyl adjacent to an activating group) is 1. The molecule has 1 N–H and O–H groups in total. The lowest BCUT2D eigenvalue weighted by Gasteiger charge is -2.32. The Bertz CT molecular complexity index is 1440. The van der Waals surface area contributed by atoms with Gasteiger partial charge in [-0.05, 0) is 62.7 Å². The lowest BCUT2D eigenvalue weighted by atomic mass is 10.1. The topological polar surface area (TPSA) is 114 Å². The molecule has 3 aromatic carbocycles. The van der Waals surface area contributed by atoms with E-state index in [1.807, 2.05) is 6.92 Å². The number of methoxy groups -OCH3 is 3. The Morgan fingerprint density at radius 1 is 0.878 bits per heavy atom. The molecule has 0 fully saturated rings. The summed E-state index contributed by atoms with van der Waals surface area (Å²) >= 11 is 0. The van der Waals surface area contributed by atoms with Gasteiger partial charge in [-0.1, -0.05) is 29.8 Å². The van der Waals surface area contributed by atoms with Crippen molar-refractivity contribution >= 4 is 27.5 Å². The molecule has 2 amide bonds. The Balaban J connectivity index is 2.05. The van der Waals surface area contributed by atoms with Crippen molar-refractivity contribution in [2.24, 2.45) is 0 Å². The van der Waals surface area contributed by atoms with Crippen molar-refractivity contribution in [3.05, 3.63) is 77.9 Å². The number of anilines is 1. The van der Waals surface area contributed by atoms with Crippen LogP contribution < -0.4 is 23.8 Å². The molecule has 0 spiro atoms. The highest BCUT2D eigenvalue weighted by Gasteiger charge is 2.33. The van der Waals surface area contributed by atoms with Crippen LogP contribution in [0.3, 0.4) is 0 Å². The average Bonchev–Trinajstić information content (AvgIpc) is 2.98. The monoisotopic (exact) mass is 583 g/mol. The van der Waals surface area contributed by atoms with Gasteiger partial charge in [0.2, 0.25) is 11.8 Å². The molecule has 10 nitrogen and oxygen atoms in total. The third-order valence-electron chi connectivity index (χ3n) is 6.57. The summed E-state index contributed by atoms with van der Waals surface area (Å²) in [6.45, 7) is 5.21. The fourth-order valence-electron chi connectivity index (χ4n) is 4.18.